The van der Waals surface area contributed by atoms with Crippen molar-refractivity contribution in [3.05, 3.63) is 34.3 Å². The van der Waals surface area contributed by atoms with Crippen LogP contribution < -0.4 is 11.3 Å². The first-order chi connectivity index (χ1) is 6.27. The van der Waals surface area contributed by atoms with Gasteiger partial charge in [-0.05, 0) is 17.7 Å². The van der Waals surface area contributed by atoms with Crippen LogP contribution in [0.3, 0.4) is 0 Å². The molecule has 0 unspecified atom stereocenters. The Balaban J connectivity index is 2.80. The predicted molar refractivity (Wildman–Crippen MR) is 54.4 cm³/mol. The van der Waals surface area contributed by atoms with Crippen molar-refractivity contribution in [2.24, 2.45) is 5.84 Å². The molecule has 0 aliphatic carbocycles. The molecular weight excluding hydrogens is 230 g/mol. The van der Waals surface area contributed by atoms with Gasteiger partial charge in [-0.1, -0.05) is 28.1 Å². The largest absolute Gasteiger partial charge is 0.271 e. The summed E-state index contributed by atoms with van der Waals surface area (Å²) in [6.07, 6.45) is 0.373. The van der Waals surface area contributed by atoms with Crippen LogP contribution in [0.1, 0.15) is 18.0 Å². The summed E-state index contributed by atoms with van der Waals surface area (Å²) < 4.78 is 1.02. The van der Waals surface area contributed by atoms with E-state index in [9.17, 15) is 0 Å². The maximum Gasteiger partial charge on any atom is 0.0642 e. The van der Waals surface area contributed by atoms with Gasteiger partial charge in [0.05, 0.1) is 18.5 Å². The number of benzene rings is 1. The van der Waals surface area contributed by atoms with Gasteiger partial charge in [0.15, 0.2) is 0 Å². The molecule has 0 saturated heterocycles. The van der Waals surface area contributed by atoms with Gasteiger partial charge < -0.3 is 0 Å². The second-order valence-corrected chi connectivity index (χ2v) is 3.55. The van der Waals surface area contributed by atoms with Gasteiger partial charge >= 0.3 is 0 Å². The fraction of sp³-hybridized carbons (Fsp3) is 0.222. The van der Waals surface area contributed by atoms with Crippen LogP contribution in [-0.2, 0) is 0 Å². The van der Waals surface area contributed by atoms with Gasteiger partial charge in [0.1, 0.15) is 0 Å². The van der Waals surface area contributed by atoms with Gasteiger partial charge in [-0.15, -0.1) is 0 Å². The summed E-state index contributed by atoms with van der Waals surface area (Å²) in [5, 5.41) is 8.53. The summed E-state index contributed by atoms with van der Waals surface area (Å²) >= 11 is 3.34. The van der Waals surface area contributed by atoms with E-state index >= 15 is 0 Å². The molecule has 0 heterocycles. The van der Waals surface area contributed by atoms with Gasteiger partial charge in [-0.25, -0.2) is 0 Å². The Morgan fingerprint density at radius 2 is 2.08 bits per heavy atom. The van der Waals surface area contributed by atoms with Crippen molar-refractivity contribution in [2.75, 3.05) is 0 Å². The number of nitrogens with two attached hydrogens (primary N) is 1. The van der Waals surface area contributed by atoms with Crippen LogP contribution in [-0.4, -0.2) is 0 Å². The van der Waals surface area contributed by atoms with Crippen molar-refractivity contribution in [1.29, 1.82) is 5.26 Å². The highest BCUT2D eigenvalue weighted by Gasteiger charge is 2.07. The second-order valence-electron chi connectivity index (χ2n) is 2.63. The van der Waals surface area contributed by atoms with Crippen molar-refractivity contribution in [3.8, 4) is 6.07 Å². The Labute approximate surface area is 85.6 Å². The van der Waals surface area contributed by atoms with Crippen LogP contribution in [0.4, 0.5) is 0 Å². The fourth-order valence-corrected chi connectivity index (χ4v) is 1.32. The van der Waals surface area contributed by atoms with E-state index in [0.29, 0.717) is 6.42 Å². The maximum absolute atomic E-state index is 8.53. The highest BCUT2D eigenvalue weighted by molar-refractivity contribution is 9.10. The summed E-state index contributed by atoms with van der Waals surface area (Å²) in [6, 6.07) is 9.72. The van der Waals surface area contributed by atoms with E-state index in [1.807, 2.05) is 24.3 Å². The number of hydrogen-bond donors (Lipinski definition) is 2. The van der Waals surface area contributed by atoms with Crippen LogP contribution >= 0.6 is 15.9 Å². The topological polar surface area (TPSA) is 61.8 Å². The second kappa shape index (κ2) is 4.97. The zero-order chi connectivity index (χ0) is 9.68. The van der Waals surface area contributed by atoms with Gasteiger partial charge in [0.25, 0.3) is 0 Å². The third kappa shape index (κ3) is 2.81. The first kappa shape index (κ1) is 10.2. The van der Waals surface area contributed by atoms with Crippen LogP contribution in [0, 0.1) is 11.3 Å². The summed E-state index contributed by atoms with van der Waals surface area (Å²) in [5.74, 6) is 5.32. The molecule has 4 heteroatoms. The van der Waals surface area contributed by atoms with E-state index in [1.165, 1.54) is 0 Å². The molecule has 1 aromatic rings. The normalized spacial score (nSPS) is 12.1. The van der Waals surface area contributed by atoms with Crippen molar-refractivity contribution >= 4 is 15.9 Å². The number of nitrogens with one attached hydrogen (secondary N) is 1. The lowest BCUT2D eigenvalue weighted by Gasteiger charge is -2.12. The number of rotatable bonds is 3. The maximum atomic E-state index is 8.53. The molecule has 68 valence electrons. The number of hydrazine groups is 1. The zero-order valence-electron chi connectivity index (χ0n) is 7.00. The molecule has 1 rings (SSSR count). The standard InChI is InChI=1S/C9H10BrN3/c10-8-3-1-7(2-4-8)9(13-12)5-6-11/h1-4,9,13H,5,12H2/t9-/m0/s1. The van der Waals surface area contributed by atoms with Gasteiger partial charge in [-0.3, -0.25) is 11.3 Å². The van der Waals surface area contributed by atoms with Crippen molar-refractivity contribution in [2.45, 2.75) is 12.5 Å². The van der Waals surface area contributed by atoms with Crippen LogP contribution in [0.5, 0.6) is 0 Å². The van der Waals surface area contributed by atoms with E-state index < -0.39 is 0 Å². The smallest absolute Gasteiger partial charge is 0.0642 e. The molecule has 0 fully saturated rings. The molecule has 0 saturated carbocycles. The van der Waals surface area contributed by atoms with Crippen molar-refractivity contribution in [3.63, 3.8) is 0 Å². The predicted octanol–water partition coefficient (Wildman–Crippen LogP) is 1.87. The minimum absolute atomic E-state index is 0.0851. The summed E-state index contributed by atoms with van der Waals surface area (Å²) in [7, 11) is 0. The highest BCUT2D eigenvalue weighted by Crippen LogP contribution is 2.18. The number of nitriles is 1. The fourth-order valence-electron chi connectivity index (χ4n) is 1.06. The Morgan fingerprint density at radius 1 is 1.46 bits per heavy atom. The third-order valence-electron chi connectivity index (χ3n) is 1.77. The number of hydrogen-bond acceptors (Lipinski definition) is 3. The summed E-state index contributed by atoms with van der Waals surface area (Å²) in [6.45, 7) is 0. The van der Waals surface area contributed by atoms with E-state index in [4.69, 9.17) is 11.1 Å². The molecule has 0 aliphatic rings. The first-order valence-electron chi connectivity index (χ1n) is 3.86. The Bertz CT molecular complexity index is 302. The molecule has 3 nitrogen and oxygen atoms in total. The van der Waals surface area contributed by atoms with Crippen LogP contribution in [0.15, 0.2) is 28.7 Å². The van der Waals surface area contributed by atoms with Crippen LogP contribution in [0.25, 0.3) is 0 Å². The first-order valence-corrected chi connectivity index (χ1v) is 4.65. The molecule has 0 amide bonds. The van der Waals surface area contributed by atoms with Gasteiger partial charge in [0.2, 0.25) is 0 Å². The van der Waals surface area contributed by atoms with E-state index in [-0.39, 0.29) is 6.04 Å². The van der Waals surface area contributed by atoms with Crippen LogP contribution in [0.2, 0.25) is 0 Å². The molecule has 0 aliphatic heterocycles. The molecule has 1 atom stereocenters. The molecule has 0 bridgehead atoms. The van der Waals surface area contributed by atoms with Gasteiger partial charge in [0, 0.05) is 4.47 Å². The average Bonchev–Trinajstić information content (AvgIpc) is 2.16. The summed E-state index contributed by atoms with van der Waals surface area (Å²) in [4.78, 5) is 0. The van der Waals surface area contributed by atoms with E-state index in [2.05, 4.69) is 27.4 Å². The number of halogens is 1. The molecule has 13 heavy (non-hydrogen) atoms. The zero-order valence-corrected chi connectivity index (χ0v) is 8.58. The average molecular weight is 240 g/mol. The van der Waals surface area contributed by atoms with Crippen molar-refractivity contribution < 1.29 is 0 Å². The van der Waals surface area contributed by atoms with Crippen molar-refractivity contribution in [1.82, 2.24) is 5.43 Å². The minimum atomic E-state index is -0.0851. The molecule has 1 aromatic carbocycles. The minimum Gasteiger partial charge on any atom is -0.271 e. The number of nitrogens with zero attached hydrogens (tertiary/aromatic N) is 1. The monoisotopic (exact) mass is 239 g/mol. The SMILES string of the molecule is N#CC[C@H](NN)c1ccc(Br)cc1. The highest BCUT2D eigenvalue weighted by atomic mass is 79.9. The quantitative estimate of drug-likeness (QED) is 0.626. The third-order valence-corrected chi connectivity index (χ3v) is 2.30. The summed E-state index contributed by atoms with van der Waals surface area (Å²) in [5.41, 5.74) is 3.62. The Morgan fingerprint density at radius 3 is 2.54 bits per heavy atom. The lowest BCUT2D eigenvalue weighted by molar-refractivity contribution is 0.565. The van der Waals surface area contributed by atoms with E-state index in [1.54, 1.807) is 0 Å². The molecule has 3 N–H and O–H groups in total. The molecule has 0 aromatic heterocycles. The lowest BCUT2D eigenvalue weighted by atomic mass is 10.1. The molecule has 0 radical (unpaired) electrons. The Hall–Kier alpha value is -0.890. The molecular formula is C9H10BrN3. The lowest BCUT2D eigenvalue weighted by Crippen LogP contribution is -2.27. The Kier molecular flexibility index (Phi) is 3.90. The van der Waals surface area contributed by atoms with Gasteiger partial charge in [-0.2, -0.15) is 5.26 Å². The van der Waals surface area contributed by atoms with E-state index in [0.717, 1.165) is 10.0 Å². The molecule has 0 spiro atoms.